The molecule has 22 heavy (non-hydrogen) atoms. The zero-order valence-electron chi connectivity index (χ0n) is 13.4. The highest BCUT2D eigenvalue weighted by molar-refractivity contribution is 14.0. The van der Waals surface area contributed by atoms with E-state index in [-0.39, 0.29) is 24.0 Å². The van der Waals surface area contributed by atoms with E-state index in [2.05, 4.69) is 41.2 Å². The van der Waals surface area contributed by atoms with Crippen molar-refractivity contribution in [1.29, 1.82) is 0 Å². The van der Waals surface area contributed by atoms with Crippen LogP contribution in [0.15, 0.2) is 35.3 Å². The molecular formula is C16H27IN4S. The SMILES string of the molecule is CC(C)C(CN=C(N)N1CCSCC1)Nc1ccccc1.I. The summed E-state index contributed by atoms with van der Waals surface area (Å²) < 4.78 is 0. The third-order valence-corrected chi connectivity index (χ3v) is 4.66. The lowest BCUT2D eigenvalue weighted by Gasteiger charge is -2.28. The van der Waals surface area contributed by atoms with Crippen molar-refractivity contribution in [3.8, 4) is 0 Å². The highest BCUT2D eigenvalue weighted by Crippen LogP contribution is 2.13. The fraction of sp³-hybridized carbons (Fsp3) is 0.562. The molecule has 1 saturated heterocycles. The van der Waals surface area contributed by atoms with Crippen LogP contribution in [0.4, 0.5) is 5.69 Å². The van der Waals surface area contributed by atoms with Gasteiger partial charge in [-0.25, -0.2) is 0 Å². The summed E-state index contributed by atoms with van der Waals surface area (Å²) in [5.41, 5.74) is 7.27. The van der Waals surface area contributed by atoms with Gasteiger partial charge in [0, 0.05) is 36.3 Å². The van der Waals surface area contributed by atoms with Gasteiger partial charge >= 0.3 is 0 Å². The molecule has 1 unspecified atom stereocenters. The van der Waals surface area contributed by atoms with Crippen LogP contribution in [0.2, 0.25) is 0 Å². The number of guanidine groups is 1. The summed E-state index contributed by atoms with van der Waals surface area (Å²) in [6, 6.07) is 10.6. The largest absolute Gasteiger partial charge is 0.380 e. The number of thioether (sulfide) groups is 1. The number of rotatable bonds is 5. The first-order valence-electron chi connectivity index (χ1n) is 7.61. The van der Waals surface area contributed by atoms with E-state index in [1.807, 2.05) is 30.0 Å². The Morgan fingerprint density at radius 2 is 1.91 bits per heavy atom. The second kappa shape index (κ2) is 10.2. The summed E-state index contributed by atoms with van der Waals surface area (Å²) in [4.78, 5) is 6.81. The zero-order valence-corrected chi connectivity index (χ0v) is 16.5. The van der Waals surface area contributed by atoms with Crippen LogP contribution in [0.3, 0.4) is 0 Å². The quantitative estimate of drug-likeness (QED) is 0.425. The molecular weight excluding hydrogens is 407 g/mol. The number of halogens is 1. The molecule has 1 fully saturated rings. The molecule has 0 spiro atoms. The molecule has 4 nitrogen and oxygen atoms in total. The first-order chi connectivity index (χ1) is 10.2. The van der Waals surface area contributed by atoms with Crippen molar-refractivity contribution in [3.05, 3.63) is 30.3 Å². The number of para-hydroxylation sites is 1. The Hall–Kier alpha value is -0.630. The van der Waals surface area contributed by atoms with Crippen LogP contribution in [0.25, 0.3) is 0 Å². The van der Waals surface area contributed by atoms with E-state index in [4.69, 9.17) is 5.73 Å². The molecule has 0 saturated carbocycles. The maximum Gasteiger partial charge on any atom is 0.191 e. The monoisotopic (exact) mass is 434 g/mol. The number of hydrogen-bond donors (Lipinski definition) is 2. The first-order valence-corrected chi connectivity index (χ1v) is 8.76. The molecule has 1 atom stereocenters. The van der Waals surface area contributed by atoms with Crippen molar-refractivity contribution in [1.82, 2.24) is 4.90 Å². The normalized spacial score (nSPS) is 17.0. The summed E-state index contributed by atoms with van der Waals surface area (Å²) in [5, 5.41) is 3.55. The Morgan fingerprint density at radius 3 is 2.50 bits per heavy atom. The van der Waals surface area contributed by atoms with E-state index < -0.39 is 0 Å². The lowest BCUT2D eigenvalue weighted by atomic mass is 10.0. The predicted molar refractivity (Wildman–Crippen MR) is 109 cm³/mol. The van der Waals surface area contributed by atoms with Crippen LogP contribution in [0.1, 0.15) is 13.8 Å². The van der Waals surface area contributed by atoms with E-state index in [9.17, 15) is 0 Å². The highest BCUT2D eigenvalue weighted by atomic mass is 127. The summed E-state index contributed by atoms with van der Waals surface area (Å²) in [6.07, 6.45) is 0. The van der Waals surface area contributed by atoms with Gasteiger partial charge in [-0.15, -0.1) is 24.0 Å². The standard InChI is InChI=1S/C16H26N4S.HI/c1-13(2)15(19-14-6-4-3-5-7-14)12-18-16(17)20-8-10-21-11-9-20;/h3-7,13,15,19H,8-12H2,1-2H3,(H2,17,18);1H. The van der Waals surface area contributed by atoms with Gasteiger partial charge in [0.25, 0.3) is 0 Å². The summed E-state index contributed by atoms with van der Waals surface area (Å²) in [6.45, 7) is 7.16. The third kappa shape index (κ3) is 6.24. The van der Waals surface area contributed by atoms with Crippen LogP contribution in [0, 0.1) is 5.92 Å². The highest BCUT2D eigenvalue weighted by Gasteiger charge is 2.15. The van der Waals surface area contributed by atoms with Gasteiger partial charge in [0.05, 0.1) is 6.54 Å². The van der Waals surface area contributed by atoms with E-state index in [1.165, 1.54) is 0 Å². The smallest absolute Gasteiger partial charge is 0.191 e. The summed E-state index contributed by atoms with van der Waals surface area (Å²) in [7, 11) is 0. The number of anilines is 1. The number of nitrogens with one attached hydrogen (secondary N) is 1. The Balaban J connectivity index is 0.00000242. The maximum absolute atomic E-state index is 6.13. The molecule has 1 heterocycles. The topological polar surface area (TPSA) is 53.6 Å². The van der Waals surface area contributed by atoms with Crippen molar-refractivity contribution in [2.45, 2.75) is 19.9 Å². The maximum atomic E-state index is 6.13. The Labute approximate surface area is 155 Å². The molecule has 0 amide bonds. The van der Waals surface area contributed by atoms with Crippen molar-refractivity contribution >= 4 is 47.4 Å². The van der Waals surface area contributed by atoms with Gasteiger partial charge in [0.1, 0.15) is 0 Å². The van der Waals surface area contributed by atoms with Gasteiger partial charge in [0.2, 0.25) is 0 Å². The second-order valence-corrected chi connectivity index (χ2v) is 6.88. The van der Waals surface area contributed by atoms with Crippen LogP contribution in [-0.4, -0.2) is 48.0 Å². The molecule has 0 bridgehead atoms. The van der Waals surface area contributed by atoms with Crippen LogP contribution in [-0.2, 0) is 0 Å². The molecule has 124 valence electrons. The lowest BCUT2D eigenvalue weighted by Crippen LogP contribution is -2.43. The minimum atomic E-state index is 0. The zero-order chi connectivity index (χ0) is 15.1. The number of benzene rings is 1. The molecule has 0 aromatic heterocycles. The summed E-state index contributed by atoms with van der Waals surface area (Å²) >= 11 is 1.98. The lowest BCUT2D eigenvalue weighted by molar-refractivity contribution is 0.451. The Bertz CT molecular complexity index is 447. The van der Waals surface area contributed by atoms with Crippen LogP contribution < -0.4 is 11.1 Å². The predicted octanol–water partition coefficient (Wildman–Crippen LogP) is 3.10. The van der Waals surface area contributed by atoms with Gasteiger partial charge in [-0.05, 0) is 18.1 Å². The number of aliphatic imine (C=N–C) groups is 1. The van der Waals surface area contributed by atoms with Crippen LogP contribution in [0.5, 0.6) is 0 Å². The van der Waals surface area contributed by atoms with E-state index in [1.54, 1.807) is 0 Å². The van der Waals surface area contributed by atoms with Crippen molar-refractivity contribution < 1.29 is 0 Å². The molecule has 1 aliphatic rings. The number of nitrogens with zero attached hydrogens (tertiary/aromatic N) is 2. The summed E-state index contributed by atoms with van der Waals surface area (Å²) in [5.74, 6) is 3.48. The van der Waals surface area contributed by atoms with E-state index >= 15 is 0 Å². The molecule has 1 aliphatic heterocycles. The van der Waals surface area contributed by atoms with Gasteiger partial charge in [-0.1, -0.05) is 32.0 Å². The van der Waals surface area contributed by atoms with Crippen LogP contribution >= 0.6 is 35.7 Å². The van der Waals surface area contributed by atoms with Gasteiger partial charge < -0.3 is 16.0 Å². The molecule has 1 aromatic carbocycles. The fourth-order valence-corrected chi connectivity index (χ4v) is 3.16. The molecule has 2 rings (SSSR count). The Morgan fingerprint density at radius 1 is 1.27 bits per heavy atom. The molecule has 0 radical (unpaired) electrons. The average molecular weight is 434 g/mol. The van der Waals surface area contributed by atoms with E-state index in [0.29, 0.717) is 24.5 Å². The second-order valence-electron chi connectivity index (χ2n) is 5.66. The minimum absolute atomic E-state index is 0. The first kappa shape index (κ1) is 19.4. The third-order valence-electron chi connectivity index (χ3n) is 3.72. The number of hydrogen-bond acceptors (Lipinski definition) is 3. The van der Waals surface area contributed by atoms with Gasteiger partial charge in [-0.3, -0.25) is 4.99 Å². The number of nitrogens with two attached hydrogens (primary N) is 1. The van der Waals surface area contributed by atoms with Crippen molar-refractivity contribution in [2.75, 3.05) is 36.5 Å². The molecule has 0 aliphatic carbocycles. The Kier molecular flexibility index (Phi) is 9.00. The van der Waals surface area contributed by atoms with Crippen molar-refractivity contribution in [3.63, 3.8) is 0 Å². The van der Waals surface area contributed by atoms with Gasteiger partial charge in [-0.2, -0.15) is 11.8 Å². The molecule has 6 heteroatoms. The van der Waals surface area contributed by atoms with Crippen molar-refractivity contribution in [2.24, 2.45) is 16.6 Å². The molecule has 1 aromatic rings. The minimum Gasteiger partial charge on any atom is -0.380 e. The van der Waals surface area contributed by atoms with Gasteiger partial charge in [0.15, 0.2) is 5.96 Å². The average Bonchev–Trinajstić information content (AvgIpc) is 2.52. The fourth-order valence-electron chi connectivity index (χ4n) is 2.26. The van der Waals surface area contributed by atoms with E-state index in [0.717, 1.165) is 30.3 Å². The molecule has 3 N–H and O–H groups in total.